The summed E-state index contributed by atoms with van der Waals surface area (Å²) in [6, 6.07) is -6.14. The number of hydrogen-bond acceptors (Lipinski definition) is 9. The summed E-state index contributed by atoms with van der Waals surface area (Å²) in [5.41, 5.74) is 11.0. The van der Waals surface area contributed by atoms with Crippen LogP contribution in [0.4, 0.5) is 0 Å². The molecule has 0 heterocycles. The molecule has 0 saturated carbocycles. The SMILES string of the molecule is CC(C)C[C@H](NC(=O)[C@H](CC(=O)O)NC(=O)[C@@H](N)CC(C)C)C(=O)N[C@@H](C)C(=O)NCC(=O)N[C@@H](CCCNC(=N)N)C(=O)O. The maximum atomic E-state index is 13.1. The largest absolute Gasteiger partial charge is 0.481 e. The Balaban J connectivity index is 5.26. The lowest BCUT2D eigenvalue weighted by Crippen LogP contribution is -2.58. The molecule has 0 radical (unpaired) electrons. The molecule has 0 bridgehead atoms. The van der Waals surface area contributed by atoms with Crippen LogP contribution in [0.25, 0.3) is 0 Å². The minimum atomic E-state index is -1.52. The second-order valence-electron chi connectivity index (χ2n) is 11.5. The molecule has 0 fully saturated rings. The Kier molecular flexibility index (Phi) is 18.4. The number of carboxylic acid groups (broad SMARTS) is 2. The second kappa shape index (κ2) is 20.5. The molecule has 0 rings (SSSR count). The normalized spacial score (nSPS) is 14.2. The molecule has 0 unspecified atom stereocenters. The Hall–Kier alpha value is -4.48. The molecule has 0 aromatic carbocycles. The number of guanidine groups is 1. The number of nitrogens with one attached hydrogen (secondary N) is 7. The summed E-state index contributed by atoms with van der Waals surface area (Å²) in [6.45, 7) is 8.19. The van der Waals surface area contributed by atoms with Crippen molar-refractivity contribution in [1.29, 1.82) is 5.41 Å². The van der Waals surface area contributed by atoms with E-state index in [-0.39, 0.29) is 43.6 Å². The molecule has 45 heavy (non-hydrogen) atoms. The van der Waals surface area contributed by atoms with Gasteiger partial charge in [0.15, 0.2) is 5.96 Å². The van der Waals surface area contributed by atoms with Gasteiger partial charge in [-0.05, 0) is 44.4 Å². The van der Waals surface area contributed by atoms with Gasteiger partial charge in [-0.1, -0.05) is 27.7 Å². The smallest absolute Gasteiger partial charge is 0.326 e. The molecule has 0 aliphatic rings. The van der Waals surface area contributed by atoms with Crippen molar-refractivity contribution in [1.82, 2.24) is 31.9 Å². The van der Waals surface area contributed by atoms with Crippen LogP contribution < -0.4 is 43.4 Å². The zero-order valence-electron chi connectivity index (χ0n) is 26.4. The monoisotopic (exact) mass is 643 g/mol. The van der Waals surface area contributed by atoms with Crippen LogP contribution in [0.15, 0.2) is 0 Å². The maximum Gasteiger partial charge on any atom is 0.326 e. The van der Waals surface area contributed by atoms with Crippen molar-refractivity contribution >= 4 is 47.4 Å². The van der Waals surface area contributed by atoms with Crippen LogP contribution in [0.3, 0.4) is 0 Å². The fourth-order valence-corrected chi connectivity index (χ4v) is 3.98. The lowest BCUT2D eigenvalue weighted by atomic mass is 10.0. The highest BCUT2D eigenvalue weighted by atomic mass is 16.4. The zero-order valence-corrected chi connectivity index (χ0v) is 26.4. The predicted molar refractivity (Wildman–Crippen MR) is 162 cm³/mol. The molecule has 0 spiro atoms. The Labute approximate surface area is 262 Å². The average molecular weight is 644 g/mol. The van der Waals surface area contributed by atoms with E-state index in [1.54, 1.807) is 13.8 Å². The van der Waals surface area contributed by atoms with E-state index in [0.717, 1.165) is 0 Å². The fourth-order valence-electron chi connectivity index (χ4n) is 3.98. The summed E-state index contributed by atoms with van der Waals surface area (Å²) >= 11 is 0. The number of rotatable bonds is 21. The van der Waals surface area contributed by atoms with Crippen molar-refractivity contribution in [3.05, 3.63) is 0 Å². The van der Waals surface area contributed by atoms with Gasteiger partial charge in [0.2, 0.25) is 29.5 Å². The van der Waals surface area contributed by atoms with Crippen LogP contribution in [0, 0.1) is 17.2 Å². The van der Waals surface area contributed by atoms with E-state index in [9.17, 15) is 43.8 Å². The van der Waals surface area contributed by atoms with Gasteiger partial charge >= 0.3 is 11.9 Å². The first-order chi connectivity index (χ1) is 20.8. The Bertz CT molecular complexity index is 1070. The lowest BCUT2D eigenvalue weighted by Gasteiger charge is -2.25. The van der Waals surface area contributed by atoms with Gasteiger partial charge in [0.05, 0.1) is 19.0 Å². The van der Waals surface area contributed by atoms with Gasteiger partial charge in [-0.15, -0.1) is 0 Å². The van der Waals surface area contributed by atoms with E-state index in [1.165, 1.54) is 6.92 Å². The molecule has 0 saturated heterocycles. The number of carboxylic acids is 2. The van der Waals surface area contributed by atoms with Crippen molar-refractivity contribution < 1.29 is 43.8 Å². The number of carbonyl (C=O) groups excluding carboxylic acids is 5. The van der Waals surface area contributed by atoms with Crippen molar-refractivity contribution in [3.63, 3.8) is 0 Å². The van der Waals surface area contributed by atoms with Crippen molar-refractivity contribution in [2.75, 3.05) is 13.1 Å². The fraction of sp³-hybridized carbons (Fsp3) is 0.704. The van der Waals surface area contributed by atoms with Crippen LogP contribution in [0.5, 0.6) is 0 Å². The summed E-state index contributed by atoms with van der Waals surface area (Å²) < 4.78 is 0. The van der Waals surface area contributed by atoms with E-state index >= 15 is 0 Å². The molecule has 0 aromatic rings. The molecule has 0 aromatic heterocycles. The summed E-state index contributed by atoms with van der Waals surface area (Å²) in [5, 5.41) is 40.0. The third kappa shape index (κ3) is 18.0. The van der Waals surface area contributed by atoms with Gasteiger partial charge < -0.3 is 53.6 Å². The van der Waals surface area contributed by atoms with E-state index in [1.807, 2.05) is 13.8 Å². The summed E-state index contributed by atoms with van der Waals surface area (Å²) in [6.07, 6.45) is -0.0381. The summed E-state index contributed by atoms with van der Waals surface area (Å²) in [7, 11) is 0. The molecule has 0 aliphatic carbocycles. The number of nitrogens with two attached hydrogens (primary N) is 2. The molecule has 5 atom stereocenters. The van der Waals surface area contributed by atoms with E-state index < -0.39 is 84.6 Å². The van der Waals surface area contributed by atoms with Gasteiger partial charge in [0.25, 0.3) is 0 Å². The maximum absolute atomic E-state index is 13.1. The Morgan fingerprint density at radius 3 is 1.78 bits per heavy atom. The Morgan fingerprint density at radius 2 is 1.27 bits per heavy atom. The van der Waals surface area contributed by atoms with Gasteiger partial charge in [-0.25, -0.2) is 4.79 Å². The third-order valence-corrected chi connectivity index (χ3v) is 6.21. The summed E-state index contributed by atoms with van der Waals surface area (Å²) in [4.78, 5) is 86.2. The molecule has 18 heteroatoms. The van der Waals surface area contributed by atoms with Crippen LogP contribution in [-0.2, 0) is 33.6 Å². The quantitative estimate of drug-likeness (QED) is 0.0346. The minimum Gasteiger partial charge on any atom is -0.481 e. The molecular weight excluding hydrogens is 594 g/mol. The van der Waals surface area contributed by atoms with Crippen molar-refractivity contribution in [2.45, 2.75) is 96.9 Å². The molecular formula is C27H49N9O9. The highest BCUT2D eigenvalue weighted by molar-refractivity contribution is 5.96. The van der Waals surface area contributed by atoms with Gasteiger partial charge in [-0.2, -0.15) is 0 Å². The second-order valence-corrected chi connectivity index (χ2v) is 11.5. The highest BCUT2D eigenvalue weighted by Crippen LogP contribution is 2.08. The number of carbonyl (C=O) groups is 7. The summed E-state index contributed by atoms with van der Waals surface area (Å²) in [5.74, 6) is -6.98. The van der Waals surface area contributed by atoms with E-state index in [0.29, 0.717) is 6.42 Å². The molecule has 18 nitrogen and oxygen atoms in total. The van der Waals surface area contributed by atoms with Gasteiger partial charge in [0, 0.05) is 6.54 Å². The Morgan fingerprint density at radius 1 is 0.711 bits per heavy atom. The standard InChI is InChI=1S/C27H49N9O9/c1-13(2)9-16(28)23(41)35-19(11-21(38)39)25(43)36-18(10-14(3)4)24(42)33-15(5)22(40)32-12-20(37)34-17(26(44)45)7-6-8-31-27(29)30/h13-19H,6-12,28H2,1-5H3,(H,32,40)(H,33,42)(H,34,37)(H,35,41)(H,36,43)(H,38,39)(H,44,45)(H4,29,30,31)/t15-,16-,17-,18-,19-/m0/s1. The number of hydrogen-bond donors (Lipinski definition) is 11. The van der Waals surface area contributed by atoms with E-state index in [4.69, 9.17) is 16.9 Å². The first kappa shape index (κ1) is 40.5. The molecule has 0 aliphatic heterocycles. The van der Waals surface area contributed by atoms with Gasteiger partial charge in [0.1, 0.15) is 24.2 Å². The van der Waals surface area contributed by atoms with Gasteiger partial charge in [-0.3, -0.25) is 34.2 Å². The van der Waals surface area contributed by atoms with E-state index in [2.05, 4.69) is 31.9 Å². The number of aliphatic carboxylic acids is 2. The van der Waals surface area contributed by atoms with Crippen LogP contribution in [0.2, 0.25) is 0 Å². The predicted octanol–water partition coefficient (Wildman–Crippen LogP) is -2.70. The first-order valence-corrected chi connectivity index (χ1v) is 14.6. The van der Waals surface area contributed by atoms with Crippen LogP contribution >= 0.6 is 0 Å². The molecule has 13 N–H and O–H groups in total. The molecule has 5 amide bonds. The topological polar surface area (TPSA) is 308 Å². The van der Waals surface area contributed by atoms with Crippen molar-refractivity contribution in [2.24, 2.45) is 23.3 Å². The molecule has 256 valence electrons. The van der Waals surface area contributed by atoms with Crippen LogP contribution in [0.1, 0.15) is 66.7 Å². The number of amides is 5. The minimum absolute atomic E-state index is 0.0342. The first-order valence-electron chi connectivity index (χ1n) is 14.6. The highest BCUT2D eigenvalue weighted by Gasteiger charge is 2.31. The zero-order chi connectivity index (χ0) is 34.9. The van der Waals surface area contributed by atoms with Crippen LogP contribution in [-0.4, -0.2) is 101 Å². The average Bonchev–Trinajstić information content (AvgIpc) is 2.91. The lowest BCUT2D eigenvalue weighted by molar-refractivity contribution is -0.142. The third-order valence-electron chi connectivity index (χ3n) is 6.21. The van der Waals surface area contributed by atoms with Crippen molar-refractivity contribution in [3.8, 4) is 0 Å².